The number of nitrogens with one attached hydrogen (secondary N) is 1. The number of rotatable bonds is 2. The maximum absolute atomic E-state index is 4.66. The second-order valence-electron chi connectivity index (χ2n) is 4.24. The van der Waals surface area contributed by atoms with E-state index in [2.05, 4.69) is 39.8 Å². The van der Waals surface area contributed by atoms with Crippen molar-refractivity contribution in [3.05, 3.63) is 48.4 Å². The molecule has 0 unspecified atom stereocenters. The van der Waals surface area contributed by atoms with Crippen LogP contribution >= 0.6 is 0 Å². The van der Waals surface area contributed by atoms with Crippen molar-refractivity contribution in [1.82, 2.24) is 14.9 Å². The first-order valence-electron chi connectivity index (χ1n) is 5.86. The van der Waals surface area contributed by atoms with Crippen molar-refractivity contribution in [3.8, 4) is 11.3 Å². The normalized spacial score (nSPS) is 14.4. The highest BCUT2D eigenvalue weighted by Crippen LogP contribution is 2.21. The lowest BCUT2D eigenvalue weighted by Crippen LogP contribution is -2.27. The quantitative estimate of drug-likeness (QED) is 0.850. The molecule has 0 bridgehead atoms. The SMILES string of the molecule is C=Cc1cccc(-c2cn3c(n2)CNCC3)c1. The largest absolute Gasteiger partial charge is 0.332 e. The van der Waals surface area contributed by atoms with Gasteiger partial charge in [0, 0.05) is 24.8 Å². The summed E-state index contributed by atoms with van der Waals surface area (Å²) in [5.41, 5.74) is 3.34. The van der Waals surface area contributed by atoms with E-state index in [-0.39, 0.29) is 0 Å². The monoisotopic (exact) mass is 225 g/mol. The molecule has 3 heteroatoms. The fourth-order valence-electron chi connectivity index (χ4n) is 2.15. The van der Waals surface area contributed by atoms with Crippen molar-refractivity contribution in [2.45, 2.75) is 13.1 Å². The zero-order chi connectivity index (χ0) is 11.7. The maximum atomic E-state index is 4.66. The summed E-state index contributed by atoms with van der Waals surface area (Å²) >= 11 is 0. The molecule has 0 saturated heterocycles. The Kier molecular flexibility index (Phi) is 2.53. The topological polar surface area (TPSA) is 29.9 Å². The van der Waals surface area contributed by atoms with Crippen molar-refractivity contribution >= 4 is 6.08 Å². The number of nitrogens with zero attached hydrogens (tertiary/aromatic N) is 2. The van der Waals surface area contributed by atoms with Gasteiger partial charge in [-0.3, -0.25) is 0 Å². The molecule has 1 aliphatic rings. The van der Waals surface area contributed by atoms with E-state index >= 15 is 0 Å². The van der Waals surface area contributed by atoms with Crippen LogP contribution < -0.4 is 5.32 Å². The number of hydrogen-bond acceptors (Lipinski definition) is 2. The Bertz CT molecular complexity index is 531. The summed E-state index contributed by atoms with van der Waals surface area (Å²) in [6.45, 7) is 6.68. The highest BCUT2D eigenvalue weighted by Gasteiger charge is 2.12. The number of imidazole rings is 1. The third-order valence-electron chi connectivity index (χ3n) is 3.09. The van der Waals surface area contributed by atoms with E-state index in [0.717, 1.165) is 42.3 Å². The van der Waals surface area contributed by atoms with E-state index in [4.69, 9.17) is 0 Å². The third-order valence-corrected chi connectivity index (χ3v) is 3.09. The summed E-state index contributed by atoms with van der Waals surface area (Å²) in [6, 6.07) is 8.31. The highest BCUT2D eigenvalue weighted by atomic mass is 15.1. The molecule has 2 aromatic rings. The van der Waals surface area contributed by atoms with Gasteiger partial charge in [0.1, 0.15) is 5.82 Å². The molecule has 0 amide bonds. The lowest BCUT2D eigenvalue weighted by Gasteiger charge is -2.13. The van der Waals surface area contributed by atoms with Gasteiger partial charge in [-0.15, -0.1) is 0 Å². The van der Waals surface area contributed by atoms with Crippen molar-refractivity contribution in [2.75, 3.05) is 6.54 Å². The summed E-state index contributed by atoms with van der Waals surface area (Å²) in [6.07, 6.45) is 4.00. The minimum Gasteiger partial charge on any atom is -0.332 e. The van der Waals surface area contributed by atoms with Gasteiger partial charge in [-0.25, -0.2) is 4.98 Å². The Hall–Kier alpha value is -1.87. The number of fused-ring (bicyclic) bond motifs is 1. The van der Waals surface area contributed by atoms with Crippen molar-refractivity contribution < 1.29 is 0 Å². The van der Waals surface area contributed by atoms with E-state index in [0.29, 0.717) is 0 Å². The van der Waals surface area contributed by atoms with Gasteiger partial charge in [-0.1, -0.05) is 30.9 Å². The van der Waals surface area contributed by atoms with Gasteiger partial charge < -0.3 is 9.88 Å². The molecule has 0 aliphatic carbocycles. The zero-order valence-electron chi connectivity index (χ0n) is 9.69. The van der Waals surface area contributed by atoms with E-state index < -0.39 is 0 Å². The first-order chi connectivity index (χ1) is 8.36. The third kappa shape index (κ3) is 1.89. The molecule has 0 radical (unpaired) electrons. The second-order valence-corrected chi connectivity index (χ2v) is 4.24. The second kappa shape index (κ2) is 4.18. The van der Waals surface area contributed by atoms with Gasteiger partial charge in [0.25, 0.3) is 0 Å². The summed E-state index contributed by atoms with van der Waals surface area (Å²) in [7, 11) is 0. The smallest absolute Gasteiger partial charge is 0.123 e. The Balaban J connectivity index is 2.02. The van der Waals surface area contributed by atoms with Gasteiger partial charge >= 0.3 is 0 Å². The minimum atomic E-state index is 0.862. The van der Waals surface area contributed by atoms with Crippen LogP contribution in [0.25, 0.3) is 17.3 Å². The van der Waals surface area contributed by atoms with Crippen LogP contribution in [0.2, 0.25) is 0 Å². The number of benzene rings is 1. The van der Waals surface area contributed by atoms with Crippen LogP contribution in [0, 0.1) is 0 Å². The molecule has 0 fully saturated rings. The van der Waals surface area contributed by atoms with Gasteiger partial charge in [0.2, 0.25) is 0 Å². The number of aromatic nitrogens is 2. The highest BCUT2D eigenvalue weighted by molar-refractivity contribution is 5.63. The average Bonchev–Trinajstić information content (AvgIpc) is 2.82. The Morgan fingerprint density at radius 3 is 3.18 bits per heavy atom. The van der Waals surface area contributed by atoms with Gasteiger partial charge in [-0.2, -0.15) is 0 Å². The van der Waals surface area contributed by atoms with Crippen LogP contribution in [0.5, 0.6) is 0 Å². The Morgan fingerprint density at radius 1 is 1.41 bits per heavy atom. The first-order valence-corrected chi connectivity index (χ1v) is 5.86. The van der Waals surface area contributed by atoms with Crippen LogP contribution in [0.1, 0.15) is 11.4 Å². The number of hydrogen-bond donors (Lipinski definition) is 1. The summed E-state index contributed by atoms with van der Waals surface area (Å²) in [4.78, 5) is 4.66. The standard InChI is InChI=1S/C14H15N3/c1-2-11-4-3-5-12(8-11)13-10-17-7-6-15-9-14(17)16-13/h2-5,8,10,15H,1,6-7,9H2. The van der Waals surface area contributed by atoms with E-state index in [1.165, 1.54) is 0 Å². The molecular formula is C14H15N3. The van der Waals surface area contributed by atoms with Crippen LogP contribution in [0.15, 0.2) is 37.0 Å². The lowest BCUT2D eigenvalue weighted by molar-refractivity contribution is 0.505. The van der Waals surface area contributed by atoms with E-state index in [1.54, 1.807) is 0 Å². The van der Waals surface area contributed by atoms with E-state index in [1.807, 2.05) is 18.2 Å². The average molecular weight is 225 g/mol. The van der Waals surface area contributed by atoms with Crippen LogP contribution in [-0.4, -0.2) is 16.1 Å². The van der Waals surface area contributed by atoms with Gasteiger partial charge in [0.15, 0.2) is 0 Å². The summed E-state index contributed by atoms with van der Waals surface area (Å²) < 4.78 is 2.23. The molecule has 2 heterocycles. The molecule has 3 nitrogen and oxygen atoms in total. The molecule has 3 rings (SSSR count). The molecule has 1 aromatic heterocycles. The molecule has 0 atom stereocenters. The van der Waals surface area contributed by atoms with Crippen LogP contribution in [-0.2, 0) is 13.1 Å². The Morgan fingerprint density at radius 2 is 2.35 bits per heavy atom. The minimum absolute atomic E-state index is 0.862. The predicted octanol–water partition coefficient (Wildman–Crippen LogP) is 2.30. The van der Waals surface area contributed by atoms with Crippen molar-refractivity contribution in [2.24, 2.45) is 0 Å². The first kappa shape index (κ1) is 10.3. The summed E-state index contributed by atoms with van der Waals surface area (Å²) in [5, 5.41) is 3.33. The fraction of sp³-hybridized carbons (Fsp3) is 0.214. The molecule has 1 aliphatic heterocycles. The van der Waals surface area contributed by atoms with Crippen molar-refractivity contribution in [1.29, 1.82) is 0 Å². The predicted molar refractivity (Wildman–Crippen MR) is 69.5 cm³/mol. The molecule has 0 saturated carbocycles. The zero-order valence-corrected chi connectivity index (χ0v) is 9.69. The van der Waals surface area contributed by atoms with Gasteiger partial charge in [0.05, 0.1) is 12.2 Å². The molecule has 86 valence electrons. The molecule has 1 N–H and O–H groups in total. The lowest BCUT2D eigenvalue weighted by atomic mass is 10.1. The van der Waals surface area contributed by atoms with E-state index in [9.17, 15) is 0 Å². The Labute approximate surface area is 101 Å². The van der Waals surface area contributed by atoms with Gasteiger partial charge in [-0.05, 0) is 11.6 Å². The van der Waals surface area contributed by atoms with Crippen LogP contribution in [0.4, 0.5) is 0 Å². The molecular weight excluding hydrogens is 210 g/mol. The molecule has 17 heavy (non-hydrogen) atoms. The molecule has 1 aromatic carbocycles. The van der Waals surface area contributed by atoms with Crippen molar-refractivity contribution in [3.63, 3.8) is 0 Å². The summed E-state index contributed by atoms with van der Waals surface area (Å²) in [5.74, 6) is 1.12. The fourth-order valence-corrected chi connectivity index (χ4v) is 2.15. The maximum Gasteiger partial charge on any atom is 0.123 e. The molecule has 0 spiro atoms. The van der Waals surface area contributed by atoms with Crippen LogP contribution in [0.3, 0.4) is 0 Å².